The van der Waals surface area contributed by atoms with Gasteiger partial charge in [0.2, 0.25) is 5.91 Å². The number of carbonyl (C=O) groups excluding carboxylic acids is 3. The Labute approximate surface area is 190 Å². The molecular formula is C16H30N4O5W2-2. The van der Waals surface area contributed by atoms with Gasteiger partial charge in [0.15, 0.2) is 0 Å². The van der Waals surface area contributed by atoms with Crippen LogP contribution in [0.25, 0.3) is 0 Å². The number of amides is 3. The normalized spacial score (nSPS) is 10.7. The molecule has 9 nitrogen and oxygen atoms in total. The van der Waals surface area contributed by atoms with E-state index in [1.165, 1.54) is 0 Å². The second kappa shape index (κ2) is 21.7. The molecular weight excluding hydrogens is 696 g/mol. The minimum atomic E-state index is -0.698. The van der Waals surface area contributed by atoms with E-state index in [0.717, 1.165) is 6.54 Å². The Balaban J connectivity index is -0.00000288. The van der Waals surface area contributed by atoms with Crippen molar-refractivity contribution in [2.75, 3.05) is 53.1 Å². The van der Waals surface area contributed by atoms with Crippen LogP contribution in [0.4, 0.5) is 0 Å². The molecule has 0 aliphatic carbocycles. The van der Waals surface area contributed by atoms with Crippen molar-refractivity contribution in [3.8, 4) is 0 Å². The SMILES string of the molecule is [CH2-]C(=O)NCCCC(NC([CH2-])=O)C(=O)NCCOCCOCCNC.[W].[W]. The molecule has 0 spiro atoms. The molecule has 0 aromatic heterocycles. The molecule has 27 heavy (non-hydrogen) atoms. The van der Waals surface area contributed by atoms with Gasteiger partial charge in [0, 0.05) is 61.8 Å². The van der Waals surface area contributed by atoms with Gasteiger partial charge in [-0.05, 0) is 19.9 Å². The second-order valence-corrected chi connectivity index (χ2v) is 5.23. The molecule has 3 amide bonds. The fourth-order valence-corrected chi connectivity index (χ4v) is 1.86. The van der Waals surface area contributed by atoms with Crippen LogP contribution in [-0.2, 0) is 66.0 Å². The van der Waals surface area contributed by atoms with Crippen molar-refractivity contribution in [2.24, 2.45) is 0 Å². The van der Waals surface area contributed by atoms with E-state index in [2.05, 4.69) is 35.1 Å². The van der Waals surface area contributed by atoms with E-state index in [-0.39, 0.29) is 53.9 Å². The molecule has 1 unspecified atom stereocenters. The topological polar surface area (TPSA) is 118 Å². The van der Waals surface area contributed by atoms with Crippen LogP contribution in [0.15, 0.2) is 0 Å². The molecule has 11 heteroatoms. The summed E-state index contributed by atoms with van der Waals surface area (Å²) in [5.41, 5.74) is 0. The molecule has 0 heterocycles. The molecule has 0 saturated heterocycles. The van der Waals surface area contributed by atoms with Crippen LogP contribution < -0.4 is 21.3 Å². The molecule has 0 aliphatic rings. The third-order valence-corrected chi connectivity index (χ3v) is 3.06. The second-order valence-electron chi connectivity index (χ2n) is 5.23. The largest absolute Gasteiger partial charge is 0.381 e. The van der Waals surface area contributed by atoms with Crippen LogP contribution in [0.1, 0.15) is 12.8 Å². The first-order chi connectivity index (χ1) is 12.0. The van der Waals surface area contributed by atoms with Gasteiger partial charge in [-0.15, -0.1) is 0 Å². The Morgan fingerprint density at radius 1 is 0.852 bits per heavy atom. The van der Waals surface area contributed by atoms with Crippen LogP contribution in [0.2, 0.25) is 0 Å². The molecule has 0 radical (unpaired) electrons. The average molecular weight is 726 g/mol. The summed E-state index contributed by atoms with van der Waals surface area (Å²) in [6.07, 6.45) is 0.910. The van der Waals surface area contributed by atoms with Crippen molar-refractivity contribution < 1.29 is 66.0 Å². The Bertz CT molecular complexity index is 403. The first-order valence-corrected chi connectivity index (χ1v) is 8.27. The van der Waals surface area contributed by atoms with Gasteiger partial charge in [0.25, 0.3) is 0 Å². The molecule has 0 aromatic carbocycles. The third-order valence-electron chi connectivity index (χ3n) is 3.06. The standard InChI is InChI=1S/C16H30N4O5.2W/c1-13(21)18-6-4-5-15(20-14(2)22)16(23)19-8-10-25-12-11-24-9-7-17-3;;/h15,17H,1-2,4-12H2,3H3,(H,18,21)(H,19,23)(H,20,22);;/q-2;;. The van der Waals surface area contributed by atoms with Crippen LogP contribution in [0.3, 0.4) is 0 Å². The van der Waals surface area contributed by atoms with E-state index in [9.17, 15) is 14.4 Å². The average Bonchev–Trinajstić information content (AvgIpc) is 2.55. The Hall–Kier alpha value is -0.593. The van der Waals surface area contributed by atoms with Crippen molar-refractivity contribution in [2.45, 2.75) is 18.9 Å². The third kappa shape index (κ3) is 21.6. The fourth-order valence-electron chi connectivity index (χ4n) is 1.86. The van der Waals surface area contributed by atoms with Crippen molar-refractivity contribution in [1.82, 2.24) is 21.3 Å². The predicted molar refractivity (Wildman–Crippen MR) is 93.5 cm³/mol. The summed E-state index contributed by atoms with van der Waals surface area (Å²) < 4.78 is 10.6. The van der Waals surface area contributed by atoms with Crippen LogP contribution in [0, 0.1) is 13.8 Å². The molecule has 4 N–H and O–H groups in total. The Morgan fingerprint density at radius 2 is 1.44 bits per heavy atom. The van der Waals surface area contributed by atoms with Gasteiger partial charge in [-0.2, -0.15) is 0 Å². The first kappa shape index (κ1) is 31.1. The minimum absolute atomic E-state index is 0. The predicted octanol–water partition coefficient (Wildman–Crippen LogP) is -1.60. The maximum absolute atomic E-state index is 12.1. The zero-order valence-corrected chi connectivity index (χ0v) is 21.6. The number of likely N-dealkylation sites (N-methyl/N-ethyl adjacent to an activating group) is 1. The Kier molecular flexibility index (Phi) is 25.0. The fraction of sp³-hybridized carbons (Fsp3) is 0.688. The number of ether oxygens (including phenoxy) is 2. The Morgan fingerprint density at radius 3 is 1.96 bits per heavy atom. The molecule has 0 fully saturated rings. The molecule has 0 saturated carbocycles. The van der Waals surface area contributed by atoms with Gasteiger partial charge < -0.3 is 54.2 Å². The summed E-state index contributed by atoms with van der Waals surface area (Å²) in [6.45, 7) is 9.82. The van der Waals surface area contributed by atoms with Gasteiger partial charge in [-0.3, -0.25) is 4.79 Å². The molecule has 1 atom stereocenters. The maximum Gasteiger partial charge on any atom is 0.242 e. The monoisotopic (exact) mass is 726 g/mol. The van der Waals surface area contributed by atoms with E-state index in [0.29, 0.717) is 52.4 Å². The van der Waals surface area contributed by atoms with Crippen LogP contribution in [-0.4, -0.2) is 76.9 Å². The van der Waals surface area contributed by atoms with Gasteiger partial charge in [-0.25, -0.2) is 0 Å². The smallest absolute Gasteiger partial charge is 0.242 e. The number of rotatable bonds is 15. The van der Waals surface area contributed by atoms with E-state index < -0.39 is 11.9 Å². The van der Waals surface area contributed by atoms with E-state index in [1.807, 2.05) is 7.05 Å². The molecule has 158 valence electrons. The van der Waals surface area contributed by atoms with Gasteiger partial charge in [0.05, 0.1) is 38.2 Å². The zero-order valence-electron chi connectivity index (χ0n) is 15.7. The summed E-state index contributed by atoms with van der Waals surface area (Å²) in [6, 6.07) is -0.698. The molecule has 0 rings (SSSR count). The van der Waals surface area contributed by atoms with Crippen LogP contribution in [0.5, 0.6) is 0 Å². The molecule has 0 aliphatic heterocycles. The summed E-state index contributed by atoms with van der Waals surface area (Å²) in [7, 11) is 1.85. The van der Waals surface area contributed by atoms with Crippen molar-refractivity contribution in [3.63, 3.8) is 0 Å². The van der Waals surface area contributed by atoms with Crippen molar-refractivity contribution >= 4 is 17.7 Å². The van der Waals surface area contributed by atoms with E-state index >= 15 is 0 Å². The van der Waals surface area contributed by atoms with Crippen molar-refractivity contribution in [3.05, 3.63) is 13.8 Å². The quantitative estimate of drug-likeness (QED) is 0.120. The maximum atomic E-state index is 12.1. The molecule has 0 bridgehead atoms. The van der Waals surface area contributed by atoms with Gasteiger partial charge in [-0.1, -0.05) is 0 Å². The van der Waals surface area contributed by atoms with Crippen LogP contribution >= 0.6 is 0 Å². The van der Waals surface area contributed by atoms with Gasteiger partial charge >= 0.3 is 0 Å². The zero-order chi connectivity index (χ0) is 18.9. The summed E-state index contributed by atoms with van der Waals surface area (Å²) >= 11 is 0. The molecule has 0 aromatic rings. The first-order valence-electron chi connectivity index (χ1n) is 8.27. The number of hydrogen-bond acceptors (Lipinski definition) is 6. The van der Waals surface area contributed by atoms with Gasteiger partial charge in [0.1, 0.15) is 6.04 Å². The summed E-state index contributed by atoms with van der Waals surface area (Å²) in [4.78, 5) is 33.9. The number of carbonyl (C=O) groups is 3. The number of hydrogen-bond donors (Lipinski definition) is 4. The van der Waals surface area contributed by atoms with Crippen molar-refractivity contribution in [1.29, 1.82) is 0 Å². The summed E-state index contributed by atoms with van der Waals surface area (Å²) in [5.74, 6) is -1.22. The minimum Gasteiger partial charge on any atom is -0.381 e. The van der Waals surface area contributed by atoms with E-state index in [1.54, 1.807) is 0 Å². The number of nitrogens with one attached hydrogen (secondary N) is 4. The van der Waals surface area contributed by atoms with E-state index in [4.69, 9.17) is 9.47 Å². The summed E-state index contributed by atoms with van der Waals surface area (Å²) in [5, 5.41) is 10.7.